The molecule has 0 aliphatic heterocycles. The van der Waals surface area contributed by atoms with Crippen molar-refractivity contribution < 1.29 is 14.3 Å². The number of hydrogen-bond acceptors (Lipinski definition) is 3. The van der Waals surface area contributed by atoms with Crippen LogP contribution in [0.3, 0.4) is 0 Å². The summed E-state index contributed by atoms with van der Waals surface area (Å²) in [5, 5.41) is 0. The lowest BCUT2D eigenvalue weighted by Gasteiger charge is -2.27. The first-order valence-corrected chi connectivity index (χ1v) is 8.42. The molecule has 0 atom stereocenters. The molecule has 0 aromatic heterocycles. The second-order valence-electron chi connectivity index (χ2n) is 7.66. The molecule has 0 aromatic rings. The van der Waals surface area contributed by atoms with Crippen molar-refractivity contribution in [1.82, 2.24) is 0 Å². The van der Waals surface area contributed by atoms with E-state index in [1.165, 1.54) is 0 Å². The van der Waals surface area contributed by atoms with E-state index in [1.807, 2.05) is 32.9 Å². The van der Waals surface area contributed by atoms with E-state index in [4.69, 9.17) is 4.74 Å². The highest BCUT2D eigenvalue weighted by atomic mass is 16.6. The predicted molar refractivity (Wildman–Crippen MR) is 87.4 cm³/mol. The van der Waals surface area contributed by atoms with Crippen LogP contribution >= 0.6 is 0 Å². The molecule has 22 heavy (non-hydrogen) atoms. The molecular weight excluding hydrogens is 276 g/mol. The van der Waals surface area contributed by atoms with E-state index in [2.05, 4.69) is 6.92 Å². The highest BCUT2D eigenvalue weighted by Crippen LogP contribution is 2.33. The van der Waals surface area contributed by atoms with Crippen molar-refractivity contribution in [3.63, 3.8) is 0 Å². The summed E-state index contributed by atoms with van der Waals surface area (Å²) in [4.78, 5) is 25.2. The van der Waals surface area contributed by atoms with Crippen LogP contribution in [-0.2, 0) is 14.3 Å². The number of carbonyl (C=O) groups excluding carboxylic acids is 2. The summed E-state index contributed by atoms with van der Waals surface area (Å²) in [7, 11) is 0. The van der Waals surface area contributed by atoms with Crippen molar-refractivity contribution in [3.8, 4) is 0 Å². The Kier molecular flexibility index (Phi) is 5.25. The maximum atomic E-state index is 12.8. The Morgan fingerprint density at radius 1 is 1.00 bits per heavy atom. The number of allylic oxidation sites excluding steroid dienone is 3. The lowest BCUT2D eigenvalue weighted by Crippen LogP contribution is -2.28. The van der Waals surface area contributed by atoms with Gasteiger partial charge in [-0.2, -0.15) is 0 Å². The zero-order valence-corrected chi connectivity index (χ0v) is 14.3. The third-order valence-electron chi connectivity index (χ3n) is 4.50. The Labute approximate surface area is 133 Å². The van der Waals surface area contributed by atoms with E-state index in [0.717, 1.165) is 31.6 Å². The topological polar surface area (TPSA) is 43.4 Å². The van der Waals surface area contributed by atoms with Gasteiger partial charge in [-0.3, -0.25) is 4.79 Å². The minimum Gasteiger partial charge on any atom is -0.457 e. The Hall–Kier alpha value is -1.38. The smallest absolute Gasteiger partial charge is 0.335 e. The highest BCUT2D eigenvalue weighted by molar-refractivity contribution is 6.05. The number of rotatable bonds is 3. The van der Waals surface area contributed by atoms with Crippen LogP contribution in [0.15, 0.2) is 23.3 Å². The van der Waals surface area contributed by atoms with E-state index in [9.17, 15) is 9.59 Å². The molecule has 0 bridgehead atoms. The van der Waals surface area contributed by atoms with Gasteiger partial charge in [0.2, 0.25) is 0 Å². The lowest BCUT2D eigenvalue weighted by molar-refractivity contribution is -0.150. The first-order chi connectivity index (χ1) is 10.3. The number of Topliss-reactive ketones (excluding diaryl/α,β-unsaturated/α-hetero) is 1. The quantitative estimate of drug-likeness (QED) is 0.574. The first kappa shape index (κ1) is 17.0. The third kappa shape index (κ3) is 4.31. The Morgan fingerprint density at radius 2 is 1.55 bits per heavy atom. The molecule has 2 aliphatic rings. The van der Waals surface area contributed by atoms with Crippen LogP contribution in [0.5, 0.6) is 0 Å². The Bertz CT molecular complexity index is 497. The minimum atomic E-state index is -0.528. The Morgan fingerprint density at radius 3 is 2.09 bits per heavy atom. The fourth-order valence-corrected chi connectivity index (χ4v) is 3.21. The monoisotopic (exact) mass is 304 g/mol. The maximum Gasteiger partial charge on any atom is 0.335 e. The molecule has 3 nitrogen and oxygen atoms in total. The molecule has 0 heterocycles. The van der Waals surface area contributed by atoms with Crippen LogP contribution in [0, 0.1) is 11.8 Å². The molecule has 2 rings (SSSR count). The second kappa shape index (κ2) is 6.80. The highest BCUT2D eigenvalue weighted by Gasteiger charge is 2.31. The zero-order chi connectivity index (χ0) is 16.3. The van der Waals surface area contributed by atoms with Gasteiger partial charge in [-0.05, 0) is 52.4 Å². The lowest BCUT2D eigenvalue weighted by atomic mass is 9.77. The summed E-state index contributed by atoms with van der Waals surface area (Å²) in [6, 6.07) is 0. The summed E-state index contributed by atoms with van der Waals surface area (Å²) in [6.45, 7) is 7.81. The van der Waals surface area contributed by atoms with Gasteiger partial charge in [0.15, 0.2) is 5.78 Å². The van der Waals surface area contributed by atoms with Gasteiger partial charge < -0.3 is 4.74 Å². The SMILES string of the molecule is CC(C)(C)OC(=O)C1=C(C(=O)[C@H]2CC[C@H](C)CC2)CC=CC1. The van der Waals surface area contributed by atoms with Gasteiger partial charge in [0.25, 0.3) is 0 Å². The number of carbonyl (C=O) groups is 2. The summed E-state index contributed by atoms with van der Waals surface area (Å²) in [5.74, 6) is 0.659. The molecule has 0 radical (unpaired) electrons. The van der Waals surface area contributed by atoms with Gasteiger partial charge >= 0.3 is 5.97 Å². The van der Waals surface area contributed by atoms with Crippen molar-refractivity contribution in [2.75, 3.05) is 0 Å². The van der Waals surface area contributed by atoms with E-state index in [-0.39, 0.29) is 17.7 Å². The summed E-state index contributed by atoms with van der Waals surface area (Å²) in [5.41, 5.74) is 0.733. The van der Waals surface area contributed by atoms with Gasteiger partial charge in [0, 0.05) is 17.1 Å². The number of ketones is 1. The predicted octanol–water partition coefficient (Wildman–Crippen LogP) is 4.37. The Balaban J connectivity index is 2.16. The maximum absolute atomic E-state index is 12.8. The van der Waals surface area contributed by atoms with E-state index >= 15 is 0 Å². The minimum absolute atomic E-state index is 0.0927. The molecular formula is C19H28O3. The molecule has 122 valence electrons. The van der Waals surface area contributed by atoms with E-state index < -0.39 is 5.60 Å². The average molecular weight is 304 g/mol. The van der Waals surface area contributed by atoms with Gasteiger partial charge in [0.05, 0.1) is 0 Å². The third-order valence-corrected chi connectivity index (χ3v) is 4.50. The van der Waals surface area contributed by atoms with Gasteiger partial charge in [-0.25, -0.2) is 4.79 Å². The number of hydrogen-bond donors (Lipinski definition) is 0. The van der Waals surface area contributed by atoms with Crippen LogP contribution in [-0.4, -0.2) is 17.4 Å². The largest absolute Gasteiger partial charge is 0.457 e. The van der Waals surface area contributed by atoms with Gasteiger partial charge in [0.1, 0.15) is 5.60 Å². The molecule has 0 N–H and O–H groups in total. The number of esters is 1. The number of ether oxygens (including phenoxy) is 1. The molecule has 2 aliphatic carbocycles. The van der Waals surface area contributed by atoms with Crippen LogP contribution in [0.2, 0.25) is 0 Å². The average Bonchev–Trinajstić information content (AvgIpc) is 2.45. The van der Waals surface area contributed by atoms with Crippen molar-refractivity contribution >= 4 is 11.8 Å². The van der Waals surface area contributed by atoms with Crippen LogP contribution in [0.4, 0.5) is 0 Å². The van der Waals surface area contributed by atoms with Crippen LogP contribution in [0.25, 0.3) is 0 Å². The second-order valence-corrected chi connectivity index (χ2v) is 7.66. The molecule has 0 spiro atoms. The molecule has 0 unspecified atom stereocenters. The van der Waals surface area contributed by atoms with Crippen molar-refractivity contribution in [1.29, 1.82) is 0 Å². The molecule has 3 heteroatoms. The van der Waals surface area contributed by atoms with Crippen molar-refractivity contribution in [2.24, 2.45) is 11.8 Å². The molecule has 0 saturated heterocycles. The molecule has 1 fully saturated rings. The van der Waals surface area contributed by atoms with Crippen LogP contribution < -0.4 is 0 Å². The van der Waals surface area contributed by atoms with Crippen molar-refractivity contribution in [2.45, 2.75) is 71.8 Å². The van der Waals surface area contributed by atoms with Gasteiger partial charge in [-0.1, -0.05) is 31.9 Å². The first-order valence-electron chi connectivity index (χ1n) is 8.42. The molecule has 0 amide bonds. The summed E-state index contributed by atoms with van der Waals surface area (Å²) in [6.07, 6.45) is 9.16. The van der Waals surface area contributed by atoms with Crippen molar-refractivity contribution in [3.05, 3.63) is 23.3 Å². The zero-order valence-electron chi connectivity index (χ0n) is 14.3. The standard InChI is InChI=1S/C19H28O3/c1-13-9-11-14(12-10-13)17(20)15-7-5-6-8-16(15)18(21)22-19(2,3)4/h5-6,13-14H,7-12H2,1-4H3/t13-,14-. The molecule has 1 saturated carbocycles. The normalized spacial score (nSPS) is 26.0. The fraction of sp³-hybridized carbons (Fsp3) is 0.684. The summed E-state index contributed by atoms with van der Waals surface area (Å²) >= 11 is 0. The fourth-order valence-electron chi connectivity index (χ4n) is 3.21. The van der Waals surface area contributed by atoms with Gasteiger partial charge in [-0.15, -0.1) is 0 Å². The summed E-state index contributed by atoms with van der Waals surface area (Å²) < 4.78 is 5.48. The van der Waals surface area contributed by atoms with E-state index in [0.29, 0.717) is 24.0 Å². The van der Waals surface area contributed by atoms with E-state index in [1.54, 1.807) is 0 Å². The molecule has 0 aromatic carbocycles. The van der Waals surface area contributed by atoms with Crippen LogP contribution in [0.1, 0.15) is 66.2 Å².